The van der Waals surface area contributed by atoms with E-state index in [0.29, 0.717) is 5.56 Å². The van der Waals surface area contributed by atoms with Crippen molar-refractivity contribution in [2.45, 2.75) is 18.6 Å². The summed E-state index contributed by atoms with van der Waals surface area (Å²) in [4.78, 5) is 15.3. The molecular formula is C11H13F3N2O3. The summed E-state index contributed by atoms with van der Waals surface area (Å²) in [5.41, 5.74) is 7.80. The quantitative estimate of drug-likeness (QED) is 0.698. The number of phenolic OH excluding ortho intramolecular Hbond substituents is 1. The van der Waals surface area contributed by atoms with Crippen molar-refractivity contribution in [2.75, 3.05) is 6.61 Å². The fourth-order valence-corrected chi connectivity index (χ4v) is 1.24. The van der Waals surface area contributed by atoms with Gasteiger partial charge in [0.1, 0.15) is 5.75 Å². The number of hydrogen-bond acceptors (Lipinski definition) is 4. The Morgan fingerprint density at radius 3 is 2.47 bits per heavy atom. The van der Waals surface area contributed by atoms with Crippen molar-refractivity contribution in [1.29, 1.82) is 0 Å². The van der Waals surface area contributed by atoms with Crippen molar-refractivity contribution in [3.05, 3.63) is 29.8 Å². The minimum atomic E-state index is -4.52. The van der Waals surface area contributed by atoms with Crippen molar-refractivity contribution < 1.29 is 27.9 Å². The van der Waals surface area contributed by atoms with Crippen LogP contribution in [0.1, 0.15) is 5.56 Å². The molecule has 106 valence electrons. The molecule has 1 aromatic carbocycles. The normalized spacial score (nSPS) is 13.1. The zero-order valence-electron chi connectivity index (χ0n) is 9.78. The van der Waals surface area contributed by atoms with Gasteiger partial charge in [-0.1, -0.05) is 12.1 Å². The first kappa shape index (κ1) is 15.3. The molecule has 1 unspecified atom stereocenters. The molecule has 8 heteroatoms. The number of rotatable bonds is 5. The number of halogens is 3. The molecule has 0 aromatic heterocycles. The zero-order valence-corrected chi connectivity index (χ0v) is 9.78. The summed E-state index contributed by atoms with van der Waals surface area (Å²) >= 11 is 0. The Morgan fingerprint density at radius 1 is 1.37 bits per heavy atom. The molecule has 1 amide bonds. The van der Waals surface area contributed by atoms with Crippen molar-refractivity contribution in [3.8, 4) is 5.75 Å². The molecular weight excluding hydrogens is 265 g/mol. The van der Waals surface area contributed by atoms with Gasteiger partial charge in [0.25, 0.3) is 5.91 Å². The summed E-state index contributed by atoms with van der Waals surface area (Å²) in [7, 11) is 0. The Hall–Kier alpha value is -1.80. The summed E-state index contributed by atoms with van der Waals surface area (Å²) in [5, 5.41) is 9.06. The molecule has 0 fully saturated rings. The van der Waals surface area contributed by atoms with Crippen LogP contribution in [0, 0.1) is 0 Å². The first-order valence-electron chi connectivity index (χ1n) is 5.30. The van der Waals surface area contributed by atoms with Gasteiger partial charge in [-0.3, -0.25) is 9.63 Å². The molecule has 19 heavy (non-hydrogen) atoms. The van der Waals surface area contributed by atoms with Crippen molar-refractivity contribution in [3.63, 3.8) is 0 Å². The fraction of sp³-hybridized carbons (Fsp3) is 0.364. The van der Waals surface area contributed by atoms with Crippen LogP contribution in [0.15, 0.2) is 24.3 Å². The molecule has 0 bridgehead atoms. The molecule has 5 nitrogen and oxygen atoms in total. The van der Waals surface area contributed by atoms with Gasteiger partial charge >= 0.3 is 6.18 Å². The van der Waals surface area contributed by atoms with Crippen molar-refractivity contribution in [2.24, 2.45) is 5.73 Å². The molecule has 0 saturated heterocycles. The molecule has 0 heterocycles. The SMILES string of the molecule is NC(Cc1ccc(O)cc1)C(=O)NOCC(F)(F)F. The molecule has 0 aliphatic rings. The van der Waals surface area contributed by atoms with E-state index in [1.165, 1.54) is 12.1 Å². The average Bonchev–Trinajstić information content (AvgIpc) is 2.30. The maximum Gasteiger partial charge on any atom is 0.414 e. The number of aromatic hydroxyl groups is 1. The number of carbonyl (C=O) groups excluding carboxylic acids is 1. The van der Waals surface area contributed by atoms with Gasteiger partial charge in [-0.15, -0.1) is 0 Å². The molecule has 1 rings (SSSR count). The van der Waals surface area contributed by atoms with Gasteiger partial charge in [0, 0.05) is 0 Å². The second kappa shape index (κ2) is 6.39. The second-order valence-corrected chi connectivity index (χ2v) is 3.85. The first-order valence-corrected chi connectivity index (χ1v) is 5.30. The van der Waals surface area contributed by atoms with E-state index in [4.69, 9.17) is 10.8 Å². The number of alkyl halides is 3. The Kier molecular flexibility index (Phi) is 5.13. The van der Waals surface area contributed by atoms with Crippen LogP contribution in [0.25, 0.3) is 0 Å². The van der Waals surface area contributed by atoms with E-state index in [9.17, 15) is 18.0 Å². The monoisotopic (exact) mass is 278 g/mol. The summed E-state index contributed by atoms with van der Waals surface area (Å²) in [6, 6.07) is 4.90. The van der Waals surface area contributed by atoms with Crippen LogP contribution in [0.2, 0.25) is 0 Å². The first-order chi connectivity index (χ1) is 8.78. The average molecular weight is 278 g/mol. The standard InChI is InChI=1S/C11H13F3N2O3/c12-11(13,14)6-19-16-10(18)9(15)5-7-1-3-8(17)4-2-7/h1-4,9,17H,5-6,15H2,(H,16,18). The van der Waals surface area contributed by atoms with Crippen LogP contribution < -0.4 is 11.2 Å². The molecule has 0 spiro atoms. The van der Waals surface area contributed by atoms with E-state index >= 15 is 0 Å². The predicted octanol–water partition coefficient (Wildman–Crippen LogP) is 0.872. The maximum atomic E-state index is 11.8. The summed E-state index contributed by atoms with van der Waals surface area (Å²) in [6.07, 6.45) is -4.41. The van der Waals surface area contributed by atoms with Gasteiger partial charge in [-0.25, -0.2) is 5.48 Å². The lowest BCUT2D eigenvalue weighted by atomic mass is 10.1. The van der Waals surface area contributed by atoms with Gasteiger partial charge in [0.2, 0.25) is 0 Å². The third-order valence-corrected chi connectivity index (χ3v) is 2.14. The van der Waals surface area contributed by atoms with E-state index in [1.807, 2.05) is 0 Å². The number of nitrogens with two attached hydrogens (primary N) is 1. The number of amides is 1. The minimum Gasteiger partial charge on any atom is -0.508 e. The van der Waals surface area contributed by atoms with Gasteiger partial charge < -0.3 is 10.8 Å². The van der Waals surface area contributed by atoms with Crippen LogP contribution >= 0.6 is 0 Å². The van der Waals surface area contributed by atoms with Crippen molar-refractivity contribution >= 4 is 5.91 Å². The summed E-state index contributed by atoms with van der Waals surface area (Å²) in [6.45, 7) is -1.58. The van der Waals surface area contributed by atoms with Crippen molar-refractivity contribution in [1.82, 2.24) is 5.48 Å². The van der Waals surface area contributed by atoms with Gasteiger partial charge in [-0.05, 0) is 24.1 Å². The maximum absolute atomic E-state index is 11.8. The van der Waals surface area contributed by atoms with Gasteiger partial charge in [-0.2, -0.15) is 13.2 Å². The molecule has 0 radical (unpaired) electrons. The molecule has 4 N–H and O–H groups in total. The van der Waals surface area contributed by atoms with Crippen LogP contribution in [0.5, 0.6) is 5.75 Å². The van der Waals surface area contributed by atoms with E-state index in [-0.39, 0.29) is 12.2 Å². The van der Waals surface area contributed by atoms with Gasteiger partial charge in [0.15, 0.2) is 6.61 Å². The zero-order chi connectivity index (χ0) is 14.5. The smallest absolute Gasteiger partial charge is 0.414 e. The lowest BCUT2D eigenvalue weighted by Crippen LogP contribution is -2.43. The number of benzene rings is 1. The highest BCUT2D eigenvalue weighted by Gasteiger charge is 2.28. The lowest BCUT2D eigenvalue weighted by Gasteiger charge is -2.13. The molecule has 0 saturated carbocycles. The molecule has 1 atom stereocenters. The highest BCUT2D eigenvalue weighted by atomic mass is 19.4. The van der Waals surface area contributed by atoms with E-state index in [1.54, 1.807) is 17.6 Å². The summed E-state index contributed by atoms with van der Waals surface area (Å²) in [5.74, 6) is -0.785. The van der Waals surface area contributed by atoms with Crippen LogP contribution in [-0.2, 0) is 16.1 Å². The molecule has 0 aliphatic heterocycles. The third-order valence-electron chi connectivity index (χ3n) is 2.14. The topological polar surface area (TPSA) is 84.6 Å². The predicted molar refractivity (Wildman–Crippen MR) is 59.9 cm³/mol. The Balaban J connectivity index is 2.38. The highest BCUT2D eigenvalue weighted by molar-refractivity contribution is 5.80. The number of hydroxylamine groups is 1. The van der Waals surface area contributed by atoms with Gasteiger partial charge in [0.05, 0.1) is 6.04 Å². The van der Waals surface area contributed by atoms with Crippen LogP contribution in [0.4, 0.5) is 13.2 Å². The number of carbonyl (C=O) groups is 1. The third kappa shape index (κ3) is 6.07. The largest absolute Gasteiger partial charge is 0.508 e. The van der Waals surface area contributed by atoms with Crippen LogP contribution in [0.3, 0.4) is 0 Å². The van der Waals surface area contributed by atoms with Crippen LogP contribution in [-0.4, -0.2) is 29.8 Å². The number of phenols is 1. The van der Waals surface area contributed by atoms with E-state index in [0.717, 1.165) is 0 Å². The molecule has 1 aromatic rings. The number of hydrogen-bond donors (Lipinski definition) is 3. The van der Waals surface area contributed by atoms with E-state index in [2.05, 4.69) is 4.84 Å². The molecule has 0 aliphatic carbocycles. The minimum absolute atomic E-state index is 0.0651. The van der Waals surface area contributed by atoms with E-state index < -0.39 is 24.7 Å². The highest BCUT2D eigenvalue weighted by Crippen LogP contribution is 2.14. The second-order valence-electron chi connectivity index (χ2n) is 3.85. The lowest BCUT2D eigenvalue weighted by molar-refractivity contribution is -0.192. The number of nitrogens with one attached hydrogen (secondary N) is 1. The Morgan fingerprint density at radius 2 is 1.95 bits per heavy atom. The Labute approximate surface area is 107 Å². The summed E-state index contributed by atoms with van der Waals surface area (Å²) < 4.78 is 35.3. The fourth-order valence-electron chi connectivity index (χ4n) is 1.24. The Bertz CT molecular complexity index is 420.